The molecule has 2 rings (SSSR count). The van der Waals surface area contributed by atoms with Crippen LogP contribution in [-0.4, -0.2) is 16.1 Å². The van der Waals surface area contributed by atoms with Gasteiger partial charge in [0.25, 0.3) is 0 Å². The van der Waals surface area contributed by atoms with Crippen molar-refractivity contribution >= 4 is 5.82 Å². The summed E-state index contributed by atoms with van der Waals surface area (Å²) in [5.74, 6) is 7.24. The molecule has 1 saturated carbocycles. The summed E-state index contributed by atoms with van der Waals surface area (Å²) in [6, 6.07) is 1.75. The molecule has 0 atom stereocenters. The summed E-state index contributed by atoms with van der Waals surface area (Å²) in [5, 5.41) is 0. The van der Waals surface area contributed by atoms with Crippen molar-refractivity contribution in [2.45, 2.75) is 51.6 Å². The quantitative estimate of drug-likeness (QED) is 0.478. The second kappa shape index (κ2) is 5.82. The fourth-order valence-corrected chi connectivity index (χ4v) is 2.21. The molecular weight excluding hydrogens is 216 g/mol. The monoisotopic (exact) mass is 236 g/mol. The van der Waals surface area contributed by atoms with E-state index in [4.69, 9.17) is 10.6 Å². The van der Waals surface area contributed by atoms with Gasteiger partial charge in [0.05, 0.1) is 0 Å². The largest absolute Gasteiger partial charge is 0.474 e. The van der Waals surface area contributed by atoms with Gasteiger partial charge in [0.2, 0.25) is 5.88 Å². The minimum atomic E-state index is 0.289. The molecule has 94 valence electrons. The van der Waals surface area contributed by atoms with E-state index in [-0.39, 0.29) is 6.10 Å². The Bertz CT molecular complexity index is 362. The lowest BCUT2D eigenvalue weighted by atomic mass is 10.1. The summed E-state index contributed by atoms with van der Waals surface area (Å²) in [6.07, 6.45) is 7.66. The second-order valence-corrected chi connectivity index (χ2v) is 4.51. The third kappa shape index (κ3) is 3.56. The summed E-state index contributed by atoms with van der Waals surface area (Å²) in [5.41, 5.74) is 2.53. The molecule has 0 aliphatic heterocycles. The first-order valence-electron chi connectivity index (χ1n) is 6.27. The van der Waals surface area contributed by atoms with Crippen molar-refractivity contribution in [1.82, 2.24) is 9.97 Å². The molecular formula is C12H20N4O. The van der Waals surface area contributed by atoms with E-state index in [2.05, 4.69) is 15.4 Å². The molecule has 0 radical (unpaired) electrons. The van der Waals surface area contributed by atoms with Crippen molar-refractivity contribution in [2.75, 3.05) is 5.43 Å². The first-order chi connectivity index (χ1) is 8.28. The van der Waals surface area contributed by atoms with Crippen LogP contribution >= 0.6 is 0 Å². The van der Waals surface area contributed by atoms with Crippen molar-refractivity contribution in [1.29, 1.82) is 0 Å². The number of aryl methyl sites for hydroxylation is 1. The molecule has 1 heterocycles. The number of nitrogens with zero attached hydrogens (tertiary/aromatic N) is 2. The van der Waals surface area contributed by atoms with Gasteiger partial charge in [-0.2, -0.15) is 4.98 Å². The van der Waals surface area contributed by atoms with Gasteiger partial charge in [-0.3, -0.25) is 0 Å². The van der Waals surface area contributed by atoms with E-state index in [9.17, 15) is 0 Å². The zero-order valence-corrected chi connectivity index (χ0v) is 10.3. The number of nitrogens with one attached hydrogen (secondary N) is 1. The lowest BCUT2D eigenvalue weighted by Crippen LogP contribution is -2.17. The highest BCUT2D eigenvalue weighted by molar-refractivity contribution is 5.36. The number of nitrogen functional groups attached to an aromatic ring is 1. The van der Waals surface area contributed by atoms with Gasteiger partial charge in [-0.25, -0.2) is 10.8 Å². The number of aromatic nitrogens is 2. The molecule has 0 spiro atoms. The van der Waals surface area contributed by atoms with Gasteiger partial charge in [-0.05, 0) is 32.6 Å². The highest BCUT2D eigenvalue weighted by atomic mass is 16.5. The minimum absolute atomic E-state index is 0.289. The Kier molecular flexibility index (Phi) is 4.14. The average Bonchev–Trinajstić information content (AvgIpc) is 2.57. The van der Waals surface area contributed by atoms with Crippen LogP contribution in [-0.2, 0) is 0 Å². The van der Waals surface area contributed by atoms with E-state index >= 15 is 0 Å². The zero-order valence-electron chi connectivity index (χ0n) is 10.3. The fourth-order valence-electron chi connectivity index (χ4n) is 2.21. The molecule has 1 fully saturated rings. The van der Waals surface area contributed by atoms with E-state index in [0.29, 0.717) is 17.5 Å². The van der Waals surface area contributed by atoms with Gasteiger partial charge < -0.3 is 10.2 Å². The van der Waals surface area contributed by atoms with Gasteiger partial charge >= 0.3 is 0 Å². The van der Waals surface area contributed by atoms with Gasteiger partial charge in [-0.15, -0.1) is 0 Å². The number of ether oxygens (including phenoxy) is 1. The topological polar surface area (TPSA) is 73.1 Å². The molecule has 3 N–H and O–H groups in total. The van der Waals surface area contributed by atoms with E-state index in [1.54, 1.807) is 6.07 Å². The van der Waals surface area contributed by atoms with Crippen molar-refractivity contribution in [3.8, 4) is 5.88 Å². The van der Waals surface area contributed by atoms with Crippen molar-refractivity contribution in [3.05, 3.63) is 11.9 Å². The number of hydrogen-bond acceptors (Lipinski definition) is 5. The van der Waals surface area contributed by atoms with Crippen LogP contribution in [0.5, 0.6) is 5.88 Å². The Hall–Kier alpha value is -1.36. The molecule has 5 nitrogen and oxygen atoms in total. The van der Waals surface area contributed by atoms with Crippen LogP contribution in [0.15, 0.2) is 6.07 Å². The Balaban J connectivity index is 2.03. The Morgan fingerprint density at radius 3 is 2.59 bits per heavy atom. The number of anilines is 1. The van der Waals surface area contributed by atoms with Crippen molar-refractivity contribution in [2.24, 2.45) is 5.84 Å². The second-order valence-electron chi connectivity index (χ2n) is 4.51. The molecule has 1 aromatic heterocycles. The molecule has 5 heteroatoms. The summed E-state index contributed by atoms with van der Waals surface area (Å²) in [7, 11) is 0. The Morgan fingerprint density at radius 2 is 1.94 bits per heavy atom. The molecule has 0 bridgehead atoms. The number of nitrogens with two attached hydrogens (primary N) is 1. The lowest BCUT2D eigenvalue weighted by molar-refractivity contribution is 0.175. The molecule has 0 unspecified atom stereocenters. The standard InChI is InChI=1S/C12H20N4O/c1-9-14-11(16-13)8-12(15-9)17-10-6-4-2-3-5-7-10/h8,10H,2-7,13H2,1H3,(H,14,15,16). The van der Waals surface area contributed by atoms with E-state index in [1.165, 1.54) is 25.7 Å². The van der Waals surface area contributed by atoms with Crippen LogP contribution < -0.4 is 16.0 Å². The smallest absolute Gasteiger partial charge is 0.219 e. The predicted octanol–water partition coefficient (Wildman–Crippen LogP) is 2.17. The number of hydrazine groups is 1. The van der Waals surface area contributed by atoms with Crippen LogP contribution in [0.3, 0.4) is 0 Å². The Morgan fingerprint density at radius 1 is 1.24 bits per heavy atom. The molecule has 1 aromatic rings. The van der Waals surface area contributed by atoms with Crippen LogP contribution in [0.1, 0.15) is 44.3 Å². The van der Waals surface area contributed by atoms with Gasteiger partial charge in [0, 0.05) is 6.07 Å². The maximum Gasteiger partial charge on any atom is 0.219 e. The first kappa shape index (κ1) is 12.1. The highest BCUT2D eigenvalue weighted by Gasteiger charge is 2.14. The number of rotatable bonds is 3. The van der Waals surface area contributed by atoms with Crippen molar-refractivity contribution in [3.63, 3.8) is 0 Å². The van der Waals surface area contributed by atoms with E-state index in [1.807, 2.05) is 6.92 Å². The van der Waals surface area contributed by atoms with Crippen LogP contribution in [0.25, 0.3) is 0 Å². The summed E-state index contributed by atoms with van der Waals surface area (Å²) >= 11 is 0. The molecule has 0 amide bonds. The average molecular weight is 236 g/mol. The summed E-state index contributed by atoms with van der Waals surface area (Å²) < 4.78 is 5.91. The number of hydrogen-bond donors (Lipinski definition) is 2. The molecule has 0 saturated heterocycles. The van der Waals surface area contributed by atoms with Crippen LogP contribution in [0.4, 0.5) is 5.82 Å². The zero-order chi connectivity index (χ0) is 12.1. The molecule has 1 aliphatic carbocycles. The predicted molar refractivity (Wildman–Crippen MR) is 66.7 cm³/mol. The molecule has 0 aromatic carbocycles. The lowest BCUT2D eigenvalue weighted by Gasteiger charge is -2.16. The van der Waals surface area contributed by atoms with E-state index < -0.39 is 0 Å². The normalized spacial score (nSPS) is 17.5. The SMILES string of the molecule is Cc1nc(NN)cc(OC2CCCCCC2)n1. The van der Waals surface area contributed by atoms with Crippen LogP contribution in [0.2, 0.25) is 0 Å². The minimum Gasteiger partial charge on any atom is -0.474 e. The van der Waals surface area contributed by atoms with Gasteiger partial charge in [-0.1, -0.05) is 12.8 Å². The Labute approximate surface area is 102 Å². The summed E-state index contributed by atoms with van der Waals surface area (Å²) in [6.45, 7) is 1.83. The highest BCUT2D eigenvalue weighted by Crippen LogP contribution is 2.22. The molecule has 1 aliphatic rings. The fraction of sp³-hybridized carbons (Fsp3) is 0.667. The third-order valence-corrected chi connectivity index (χ3v) is 3.05. The van der Waals surface area contributed by atoms with Crippen molar-refractivity contribution < 1.29 is 4.74 Å². The van der Waals surface area contributed by atoms with Crippen LogP contribution in [0, 0.1) is 6.92 Å². The maximum atomic E-state index is 5.91. The summed E-state index contributed by atoms with van der Waals surface area (Å²) in [4.78, 5) is 8.41. The first-order valence-corrected chi connectivity index (χ1v) is 6.27. The van der Waals surface area contributed by atoms with Gasteiger partial charge in [0.15, 0.2) is 0 Å². The van der Waals surface area contributed by atoms with Gasteiger partial charge in [0.1, 0.15) is 17.7 Å². The molecule has 17 heavy (non-hydrogen) atoms. The third-order valence-electron chi connectivity index (χ3n) is 3.05. The van der Waals surface area contributed by atoms with E-state index in [0.717, 1.165) is 12.8 Å². The maximum absolute atomic E-state index is 5.91.